The molecule has 2 heterocycles. The van der Waals surface area contributed by atoms with Gasteiger partial charge in [0.25, 0.3) is 0 Å². The molecule has 26 heavy (non-hydrogen) atoms. The lowest BCUT2D eigenvalue weighted by Crippen LogP contribution is -2.54. The van der Waals surface area contributed by atoms with Crippen LogP contribution in [0.25, 0.3) is 10.2 Å². The Morgan fingerprint density at radius 1 is 1.38 bits per heavy atom. The lowest BCUT2D eigenvalue weighted by Gasteiger charge is -2.31. The zero-order valence-corrected chi connectivity index (χ0v) is 15.1. The van der Waals surface area contributed by atoms with E-state index in [0.29, 0.717) is 41.4 Å². The molecule has 11 heteroatoms. The number of ether oxygens (including phenoxy) is 2. The Balaban J connectivity index is 0.00000243. The number of carbonyl (C=O) groups is 1. The zero-order valence-electron chi connectivity index (χ0n) is 13.5. The number of carbonyl (C=O) groups excluding carboxylic acids is 1. The minimum absolute atomic E-state index is 0. The first kappa shape index (κ1) is 20.7. The molecule has 1 aromatic heterocycles. The summed E-state index contributed by atoms with van der Waals surface area (Å²) in [6.07, 6.45) is -3.57. The third kappa shape index (κ3) is 4.97. The van der Waals surface area contributed by atoms with Crippen LogP contribution in [0.4, 0.5) is 18.3 Å². The van der Waals surface area contributed by atoms with Crippen molar-refractivity contribution in [3.63, 3.8) is 0 Å². The number of nitrogens with two attached hydrogens (primary N) is 1. The van der Waals surface area contributed by atoms with Gasteiger partial charge in [0.15, 0.2) is 11.7 Å². The van der Waals surface area contributed by atoms with Gasteiger partial charge in [-0.05, 0) is 31.0 Å². The molecular formula is C15H17ClF3N3O3S. The van der Waals surface area contributed by atoms with E-state index in [2.05, 4.69) is 10.3 Å². The maximum Gasteiger partial charge on any atom is 0.422 e. The average molecular weight is 412 g/mol. The van der Waals surface area contributed by atoms with E-state index in [1.54, 1.807) is 6.07 Å². The van der Waals surface area contributed by atoms with E-state index in [1.807, 2.05) is 0 Å². The minimum Gasteiger partial charge on any atom is -0.484 e. The Bertz CT molecular complexity index is 778. The van der Waals surface area contributed by atoms with Crippen LogP contribution in [-0.2, 0) is 9.53 Å². The standard InChI is InChI=1S/C15H16F3N3O3S.ClH/c16-15(17,18)8-24-9-1-2-10-11(7-9)25-13(20-10)21-12(22)14(19)3-5-23-6-4-14;/h1-2,7H,3-6,8,19H2,(H,20,21,22);1H. The van der Waals surface area contributed by atoms with Gasteiger partial charge >= 0.3 is 6.18 Å². The quantitative estimate of drug-likeness (QED) is 0.807. The second-order valence-corrected chi connectivity index (χ2v) is 6.81. The van der Waals surface area contributed by atoms with Gasteiger partial charge in [-0.15, -0.1) is 12.4 Å². The van der Waals surface area contributed by atoms with Crippen LogP contribution >= 0.6 is 23.7 Å². The van der Waals surface area contributed by atoms with Crippen LogP contribution in [0, 0.1) is 0 Å². The van der Waals surface area contributed by atoms with Crippen molar-refractivity contribution >= 4 is 45.0 Å². The van der Waals surface area contributed by atoms with Gasteiger partial charge in [-0.1, -0.05) is 11.3 Å². The van der Waals surface area contributed by atoms with Gasteiger partial charge < -0.3 is 20.5 Å². The van der Waals surface area contributed by atoms with Crippen LogP contribution in [0.15, 0.2) is 18.2 Å². The molecule has 0 unspecified atom stereocenters. The number of nitrogens with zero attached hydrogens (tertiary/aromatic N) is 1. The number of hydrogen-bond donors (Lipinski definition) is 2. The molecule has 0 bridgehead atoms. The molecule has 0 aliphatic carbocycles. The lowest BCUT2D eigenvalue weighted by atomic mass is 9.90. The van der Waals surface area contributed by atoms with E-state index in [1.165, 1.54) is 12.1 Å². The Labute approximate surface area is 157 Å². The molecule has 0 spiro atoms. The summed E-state index contributed by atoms with van der Waals surface area (Å²) in [5.74, 6) is -0.255. The first-order valence-electron chi connectivity index (χ1n) is 7.53. The normalized spacial score (nSPS) is 16.8. The van der Waals surface area contributed by atoms with Gasteiger partial charge in [-0.25, -0.2) is 4.98 Å². The first-order chi connectivity index (χ1) is 11.8. The third-order valence-corrected chi connectivity index (χ3v) is 4.75. The molecule has 6 nitrogen and oxygen atoms in total. The molecule has 1 saturated heterocycles. The largest absolute Gasteiger partial charge is 0.484 e. The summed E-state index contributed by atoms with van der Waals surface area (Å²) in [7, 11) is 0. The second-order valence-electron chi connectivity index (χ2n) is 5.78. The fourth-order valence-corrected chi connectivity index (χ4v) is 3.29. The smallest absolute Gasteiger partial charge is 0.422 e. The molecule has 1 fully saturated rings. The fraction of sp³-hybridized carbons (Fsp3) is 0.467. The van der Waals surface area contributed by atoms with Crippen LogP contribution < -0.4 is 15.8 Å². The van der Waals surface area contributed by atoms with E-state index >= 15 is 0 Å². The Morgan fingerprint density at radius 3 is 2.73 bits per heavy atom. The molecule has 144 valence electrons. The number of nitrogens with one attached hydrogen (secondary N) is 1. The van der Waals surface area contributed by atoms with E-state index in [4.69, 9.17) is 15.2 Å². The molecule has 1 aromatic carbocycles. The average Bonchev–Trinajstić information content (AvgIpc) is 2.94. The van der Waals surface area contributed by atoms with Gasteiger partial charge in [0, 0.05) is 13.2 Å². The van der Waals surface area contributed by atoms with Crippen molar-refractivity contribution in [2.75, 3.05) is 25.1 Å². The number of aromatic nitrogens is 1. The van der Waals surface area contributed by atoms with Crippen molar-refractivity contribution < 1.29 is 27.4 Å². The molecule has 0 saturated carbocycles. The maximum atomic E-state index is 12.4. The molecule has 0 radical (unpaired) electrons. The predicted molar refractivity (Wildman–Crippen MR) is 94.0 cm³/mol. The second kappa shape index (κ2) is 7.95. The number of benzene rings is 1. The number of alkyl halides is 3. The van der Waals surface area contributed by atoms with E-state index < -0.39 is 18.3 Å². The number of amides is 1. The summed E-state index contributed by atoms with van der Waals surface area (Å²) in [5.41, 5.74) is 5.66. The van der Waals surface area contributed by atoms with Crippen molar-refractivity contribution in [3.8, 4) is 5.75 Å². The molecule has 3 N–H and O–H groups in total. The Kier molecular flexibility index (Phi) is 6.33. The fourth-order valence-electron chi connectivity index (χ4n) is 2.40. The van der Waals surface area contributed by atoms with Gasteiger partial charge in [0.1, 0.15) is 11.3 Å². The lowest BCUT2D eigenvalue weighted by molar-refractivity contribution is -0.153. The number of fused-ring (bicyclic) bond motifs is 1. The predicted octanol–water partition coefficient (Wildman–Crippen LogP) is 3.11. The SMILES string of the molecule is Cl.NC1(C(=O)Nc2nc3ccc(OCC(F)(F)F)cc3s2)CCOCC1. The van der Waals surface area contributed by atoms with Crippen molar-refractivity contribution in [2.45, 2.75) is 24.6 Å². The maximum absolute atomic E-state index is 12.4. The Hall–Kier alpha value is -1.62. The summed E-state index contributed by atoms with van der Waals surface area (Å²) in [6.45, 7) is -0.522. The zero-order chi connectivity index (χ0) is 18.1. The van der Waals surface area contributed by atoms with Crippen molar-refractivity contribution in [2.24, 2.45) is 5.73 Å². The summed E-state index contributed by atoms with van der Waals surface area (Å²) in [6, 6.07) is 4.41. The van der Waals surface area contributed by atoms with Crippen LogP contribution in [-0.4, -0.2) is 42.4 Å². The summed E-state index contributed by atoms with van der Waals surface area (Å²) in [4.78, 5) is 16.6. The van der Waals surface area contributed by atoms with Gasteiger partial charge in [-0.3, -0.25) is 4.79 Å². The molecule has 1 aliphatic heterocycles. The molecule has 2 aromatic rings. The van der Waals surface area contributed by atoms with E-state index in [-0.39, 0.29) is 24.1 Å². The molecule has 1 aliphatic rings. The molecule has 0 atom stereocenters. The monoisotopic (exact) mass is 411 g/mol. The van der Waals surface area contributed by atoms with Gasteiger partial charge in [0.05, 0.1) is 10.2 Å². The number of rotatable bonds is 4. The minimum atomic E-state index is -4.40. The van der Waals surface area contributed by atoms with Crippen LogP contribution in [0.3, 0.4) is 0 Å². The highest BCUT2D eigenvalue weighted by molar-refractivity contribution is 7.22. The highest BCUT2D eigenvalue weighted by Crippen LogP contribution is 2.31. The Morgan fingerprint density at radius 2 is 2.08 bits per heavy atom. The third-order valence-electron chi connectivity index (χ3n) is 3.82. The summed E-state index contributed by atoms with van der Waals surface area (Å²) >= 11 is 1.14. The van der Waals surface area contributed by atoms with Crippen molar-refractivity contribution in [1.82, 2.24) is 4.98 Å². The van der Waals surface area contributed by atoms with Gasteiger partial charge in [0.2, 0.25) is 5.91 Å². The van der Waals surface area contributed by atoms with Crippen LogP contribution in [0.5, 0.6) is 5.75 Å². The highest BCUT2D eigenvalue weighted by Gasteiger charge is 2.36. The van der Waals surface area contributed by atoms with E-state index in [0.717, 1.165) is 11.3 Å². The number of halogens is 4. The topological polar surface area (TPSA) is 86.5 Å². The molecule has 3 rings (SSSR count). The number of anilines is 1. The van der Waals surface area contributed by atoms with Crippen molar-refractivity contribution in [1.29, 1.82) is 0 Å². The first-order valence-corrected chi connectivity index (χ1v) is 8.35. The molecular weight excluding hydrogens is 395 g/mol. The highest BCUT2D eigenvalue weighted by atomic mass is 35.5. The molecule has 1 amide bonds. The number of hydrogen-bond acceptors (Lipinski definition) is 6. The van der Waals surface area contributed by atoms with Crippen molar-refractivity contribution in [3.05, 3.63) is 18.2 Å². The van der Waals surface area contributed by atoms with Gasteiger partial charge in [-0.2, -0.15) is 13.2 Å². The number of thiazole rings is 1. The summed E-state index contributed by atoms with van der Waals surface area (Å²) in [5, 5.41) is 3.02. The van der Waals surface area contributed by atoms with Crippen LogP contribution in [0.1, 0.15) is 12.8 Å². The van der Waals surface area contributed by atoms with Crippen LogP contribution in [0.2, 0.25) is 0 Å². The van der Waals surface area contributed by atoms with E-state index in [9.17, 15) is 18.0 Å². The summed E-state index contributed by atoms with van der Waals surface area (Å²) < 4.78 is 47.2.